The van der Waals surface area contributed by atoms with Crippen molar-refractivity contribution in [2.75, 3.05) is 11.4 Å². The van der Waals surface area contributed by atoms with E-state index in [4.69, 9.17) is 5.26 Å². The van der Waals surface area contributed by atoms with Crippen LogP contribution in [-0.2, 0) is 6.18 Å². The predicted octanol–water partition coefficient (Wildman–Crippen LogP) is 3.47. The van der Waals surface area contributed by atoms with Crippen LogP contribution in [0.25, 0.3) is 0 Å². The van der Waals surface area contributed by atoms with Gasteiger partial charge in [0.05, 0.1) is 23.2 Å². The molecule has 0 spiro atoms. The fourth-order valence-electron chi connectivity index (χ4n) is 2.70. The first-order valence-corrected chi connectivity index (χ1v) is 6.68. The third-order valence-electron chi connectivity index (χ3n) is 3.76. The molecule has 0 radical (unpaired) electrons. The van der Waals surface area contributed by atoms with Gasteiger partial charge in [-0.2, -0.15) is 31.6 Å². The highest BCUT2D eigenvalue weighted by Gasteiger charge is 2.47. The Morgan fingerprint density at radius 2 is 1.87 bits per heavy atom. The molecule has 1 aliphatic rings. The molecule has 0 aromatic heterocycles. The Morgan fingerprint density at radius 1 is 1.22 bits per heavy atom. The van der Waals surface area contributed by atoms with E-state index in [9.17, 15) is 31.4 Å². The van der Waals surface area contributed by atoms with Crippen molar-refractivity contribution in [1.82, 2.24) is 0 Å². The fourth-order valence-corrected chi connectivity index (χ4v) is 2.70. The van der Waals surface area contributed by atoms with Crippen LogP contribution in [0.5, 0.6) is 0 Å². The first kappa shape index (κ1) is 17.4. The fraction of sp³-hybridized carbons (Fsp3) is 0.500. The molecule has 1 aliphatic heterocycles. The Labute approximate surface area is 127 Å². The summed E-state index contributed by atoms with van der Waals surface area (Å²) in [6, 6.07) is 2.81. The highest BCUT2D eigenvalue weighted by molar-refractivity contribution is 5.56. The summed E-state index contributed by atoms with van der Waals surface area (Å²) in [6.45, 7) is 0.0982. The molecule has 23 heavy (non-hydrogen) atoms. The summed E-state index contributed by atoms with van der Waals surface area (Å²) in [5.74, 6) is 0. The second kappa shape index (κ2) is 5.92. The molecule has 0 aliphatic carbocycles. The molecule has 1 fully saturated rings. The second-order valence-corrected chi connectivity index (χ2v) is 5.23. The van der Waals surface area contributed by atoms with E-state index < -0.39 is 35.6 Å². The molecular formula is C14H12F6N2O. The minimum absolute atomic E-state index is 0.0159. The lowest BCUT2D eigenvalue weighted by Crippen LogP contribution is -2.47. The lowest BCUT2D eigenvalue weighted by atomic mass is 10.0. The highest BCUT2D eigenvalue weighted by Crippen LogP contribution is 2.38. The van der Waals surface area contributed by atoms with E-state index in [2.05, 4.69) is 0 Å². The van der Waals surface area contributed by atoms with Gasteiger partial charge in [-0.15, -0.1) is 0 Å². The maximum Gasteiger partial charge on any atom is 0.417 e. The van der Waals surface area contributed by atoms with Gasteiger partial charge in [0.1, 0.15) is 0 Å². The zero-order valence-corrected chi connectivity index (χ0v) is 11.6. The second-order valence-electron chi connectivity index (χ2n) is 5.23. The molecule has 126 valence electrons. The number of alkyl halides is 6. The molecule has 0 saturated carbocycles. The summed E-state index contributed by atoms with van der Waals surface area (Å²) in [7, 11) is 0. The molecule has 3 nitrogen and oxygen atoms in total. The molecule has 1 aromatic carbocycles. The minimum Gasteiger partial charge on any atom is -0.382 e. The Morgan fingerprint density at radius 3 is 2.39 bits per heavy atom. The molecular weight excluding hydrogens is 326 g/mol. The van der Waals surface area contributed by atoms with Crippen LogP contribution >= 0.6 is 0 Å². The van der Waals surface area contributed by atoms with Crippen LogP contribution in [0.3, 0.4) is 0 Å². The van der Waals surface area contributed by atoms with Crippen molar-refractivity contribution < 1.29 is 31.4 Å². The van der Waals surface area contributed by atoms with E-state index in [1.807, 2.05) is 0 Å². The van der Waals surface area contributed by atoms with Crippen LogP contribution in [-0.4, -0.2) is 30.0 Å². The van der Waals surface area contributed by atoms with Gasteiger partial charge in [-0.25, -0.2) is 0 Å². The molecule has 1 N–H and O–H groups in total. The largest absolute Gasteiger partial charge is 0.417 e. The molecule has 2 atom stereocenters. The quantitative estimate of drug-likeness (QED) is 0.840. The zero-order chi connectivity index (χ0) is 17.4. The number of rotatable bonds is 2. The number of benzene rings is 1. The van der Waals surface area contributed by atoms with Crippen LogP contribution in [0.4, 0.5) is 32.0 Å². The number of anilines is 1. The summed E-state index contributed by atoms with van der Waals surface area (Å²) in [6.07, 6.45) is -12.0. The molecule has 0 unspecified atom stereocenters. The van der Waals surface area contributed by atoms with Crippen LogP contribution in [0.2, 0.25) is 0 Å². The Bertz CT molecular complexity index is 619. The van der Waals surface area contributed by atoms with Crippen LogP contribution in [0.1, 0.15) is 24.0 Å². The summed E-state index contributed by atoms with van der Waals surface area (Å²) < 4.78 is 76.9. The van der Waals surface area contributed by atoms with Crippen LogP contribution in [0.15, 0.2) is 18.2 Å². The summed E-state index contributed by atoms with van der Waals surface area (Å²) in [5.41, 5.74) is -1.90. The van der Waals surface area contributed by atoms with E-state index in [1.165, 1.54) is 6.07 Å². The number of hydrogen-bond acceptors (Lipinski definition) is 3. The molecule has 9 heteroatoms. The van der Waals surface area contributed by atoms with Gasteiger partial charge in [-0.3, -0.25) is 0 Å². The molecule has 1 heterocycles. The van der Waals surface area contributed by atoms with Gasteiger partial charge in [0.2, 0.25) is 0 Å². The van der Waals surface area contributed by atoms with Gasteiger partial charge < -0.3 is 10.0 Å². The van der Waals surface area contributed by atoms with Crippen molar-refractivity contribution >= 4 is 5.69 Å². The number of aliphatic hydroxyl groups is 1. The topological polar surface area (TPSA) is 47.3 Å². The maximum absolute atomic E-state index is 12.9. The van der Waals surface area contributed by atoms with E-state index in [1.54, 1.807) is 0 Å². The van der Waals surface area contributed by atoms with Crippen molar-refractivity contribution in [1.29, 1.82) is 5.26 Å². The van der Waals surface area contributed by atoms with Crippen molar-refractivity contribution in [3.63, 3.8) is 0 Å². The minimum atomic E-state index is -4.85. The molecule has 0 amide bonds. The summed E-state index contributed by atoms with van der Waals surface area (Å²) >= 11 is 0. The third kappa shape index (κ3) is 3.52. The maximum atomic E-state index is 12.9. The standard InChI is InChI=1S/C14H12F6N2O/c15-13(16,17)10-6-9(4-3-8(10)7-21)22-5-1-2-11(22)12(23)14(18,19)20/h3-4,6,11-12,23H,1-2,5H2/t11-,12+/m1/s1. The SMILES string of the molecule is N#Cc1ccc(N2CCC[C@@H]2[C@H](O)C(F)(F)F)cc1C(F)(F)F. The number of nitriles is 1. The van der Waals surface area contributed by atoms with E-state index >= 15 is 0 Å². The summed E-state index contributed by atoms with van der Waals surface area (Å²) in [4.78, 5) is 1.11. The van der Waals surface area contributed by atoms with Gasteiger partial charge in [0, 0.05) is 12.2 Å². The smallest absolute Gasteiger partial charge is 0.382 e. The third-order valence-corrected chi connectivity index (χ3v) is 3.76. The first-order valence-electron chi connectivity index (χ1n) is 6.68. The lowest BCUT2D eigenvalue weighted by molar-refractivity contribution is -0.209. The van der Waals surface area contributed by atoms with Gasteiger partial charge >= 0.3 is 12.4 Å². The average Bonchev–Trinajstić information content (AvgIpc) is 2.93. The Kier molecular flexibility index (Phi) is 4.48. The molecule has 1 saturated heterocycles. The first-order chi connectivity index (χ1) is 10.6. The lowest BCUT2D eigenvalue weighted by Gasteiger charge is -2.31. The average molecular weight is 338 g/mol. The van der Waals surface area contributed by atoms with Crippen LogP contribution < -0.4 is 4.90 Å². The van der Waals surface area contributed by atoms with E-state index in [0.29, 0.717) is 12.5 Å². The number of nitrogens with zero attached hydrogens (tertiary/aromatic N) is 2. The van der Waals surface area contributed by atoms with Gasteiger partial charge in [0.25, 0.3) is 0 Å². The normalized spacial score (nSPS) is 20.4. The Hall–Kier alpha value is -1.95. The van der Waals surface area contributed by atoms with Gasteiger partial charge in [-0.05, 0) is 31.0 Å². The number of hydrogen-bond donors (Lipinski definition) is 1. The highest BCUT2D eigenvalue weighted by atomic mass is 19.4. The van der Waals surface area contributed by atoms with Crippen LogP contribution in [0, 0.1) is 11.3 Å². The molecule has 0 bridgehead atoms. The van der Waals surface area contributed by atoms with Crippen molar-refractivity contribution in [3.05, 3.63) is 29.3 Å². The zero-order valence-electron chi connectivity index (χ0n) is 11.6. The van der Waals surface area contributed by atoms with Gasteiger partial charge in [0.15, 0.2) is 6.10 Å². The van der Waals surface area contributed by atoms with Crippen molar-refractivity contribution in [2.24, 2.45) is 0 Å². The molecule has 2 rings (SSSR count). The predicted molar refractivity (Wildman–Crippen MR) is 68.6 cm³/mol. The summed E-state index contributed by atoms with van der Waals surface area (Å²) in [5, 5.41) is 18.1. The monoisotopic (exact) mass is 338 g/mol. The number of halogens is 6. The number of aliphatic hydroxyl groups excluding tert-OH is 1. The Balaban J connectivity index is 2.40. The van der Waals surface area contributed by atoms with Gasteiger partial charge in [-0.1, -0.05) is 0 Å². The molecule has 1 aromatic rings. The van der Waals surface area contributed by atoms with Crippen molar-refractivity contribution in [3.8, 4) is 6.07 Å². The van der Waals surface area contributed by atoms with Crippen molar-refractivity contribution in [2.45, 2.75) is 37.3 Å². The van der Waals surface area contributed by atoms with E-state index in [0.717, 1.165) is 17.0 Å². The van der Waals surface area contributed by atoms with E-state index in [-0.39, 0.29) is 18.7 Å².